The Labute approximate surface area is 149 Å². The highest BCUT2D eigenvalue weighted by atomic mass is 35.5. The van der Waals surface area contributed by atoms with Crippen LogP contribution in [-0.4, -0.2) is 30.9 Å². The smallest absolute Gasteiger partial charge is 0.223 e. The molecule has 1 amide bonds. The summed E-state index contributed by atoms with van der Waals surface area (Å²) in [5, 5.41) is 4.13. The molecule has 0 aromatic heterocycles. The number of amides is 1. The fourth-order valence-corrected chi connectivity index (χ4v) is 2.59. The molecule has 0 spiro atoms. The minimum atomic E-state index is 0. The van der Waals surface area contributed by atoms with E-state index in [0.717, 1.165) is 31.5 Å². The quantitative estimate of drug-likeness (QED) is 0.675. The summed E-state index contributed by atoms with van der Waals surface area (Å²) in [6.07, 6.45) is 2.35. The molecule has 0 heterocycles. The van der Waals surface area contributed by atoms with Gasteiger partial charge in [0, 0.05) is 13.0 Å². The molecule has 126 valence electrons. The summed E-state index contributed by atoms with van der Waals surface area (Å²) < 4.78 is 0. The van der Waals surface area contributed by atoms with Crippen LogP contribution in [0.5, 0.6) is 0 Å². The van der Waals surface area contributed by atoms with Gasteiger partial charge in [0.2, 0.25) is 5.91 Å². The molecule has 0 saturated carbocycles. The van der Waals surface area contributed by atoms with Gasteiger partial charge in [0.15, 0.2) is 0 Å². The Bertz CT molecular complexity index is 469. The monoisotopic (exact) mass is 366 g/mol. The zero-order chi connectivity index (χ0) is 15.8. The molecule has 1 unspecified atom stereocenters. The Morgan fingerprint density at radius 2 is 2.00 bits per heavy atom. The Morgan fingerprint density at radius 1 is 1.32 bits per heavy atom. The van der Waals surface area contributed by atoms with E-state index in [1.54, 1.807) is 6.07 Å². The van der Waals surface area contributed by atoms with Gasteiger partial charge in [-0.25, -0.2) is 0 Å². The molecule has 0 aliphatic carbocycles. The molecule has 1 N–H and O–H groups in total. The molecule has 0 aliphatic rings. The van der Waals surface area contributed by atoms with Crippen molar-refractivity contribution in [3.05, 3.63) is 33.8 Å². The van der Waals surface area contributed by atoms with Crippen molar-refractivity contribution >= 4 is 41.5 Å². The number of carbonyl (C=O) groups is 1. The Kier molecular flexibility index (Phi) is 10.9. The Morgan fingerprint density at radius 3 is 2.55 bits per heavy atom. The van der Waals surface area contributed by atoms with E-state index < -0.39 is 0 Å². The number of hydrogen-bond donors (Lipinski definition) is 1. The van der Waals surface area contributed by atoms with Crippen LogP contribution in [0.1, 0.15) is 44.7 Å². The zero-order valence-corrected chi connectivity index (χ0v) is 15.7. The number of nitrogens with zero attached hydrogens (tertiary/aromatic N) is 1. The fourth-order valence-electron chi connectivity index (χ4n) is 2.29. The van der Waals surface area contributed by atoms with Gasteiger partial charge < -0.3 is 10.2 Å². The van der Waals surface area contributed by atoms with Crippen LogP contribution in [-0.2, 0) is 4.79 Å². The van der Waals surface area contributed by atoms with Crippen molar-refractivity contribution in [3.63, 3.8) is 0 Å². The van der Waals surface area contributed by atoms with Crippen LogP contribution in [0.2, 0.25) is 10.0 Å². The molecular weight excluding hydrogens is 343 g/mol. The molecule has 1 atom stereocenters. The highest BCUT2D eigenvalue weighted by Crippen LogP contribution is 2.28. The second-order valence-corrected chi connectivity index (χ2v) is 5.96. The van der Waals surface area contributed by atoms with Gasteiger partial charge in [0.25, 0.3) is 0 Å². The van der Waals surface area contributed by atoms with E-state index in [1.807, 2.05) is 31.0 Å². The topological polar surface area (TPSA) is 32.3 Å². The van der Waals surface area contributed by atoms with Crippen molar-refractivity contribution in [1.29, 1.82) is 0 Å². The molecular formula is C16H25Cl3N2O. The van der Waals surface area contributed by atoms with Gasteiger partial charge >= 0.3 is 0 Å². The first-order valence-electron chi connectivity index (χ1n) is 7.40. The molecule has 22 heavy (non-hydrogen) atoms. The predicted octanol–water partition coefficient (Wildman–Crippen LogP) is 4.71. The highest BCUT2D eigenvalue weighted by Gasteiger charge is 2.20. The van der Waals surface area contributed by atoms with Gasteiger partial charge in [-0.2, -0.15) is 0 Å². The summed E-state index contributed by atoms with van der Waals surface area (Å²) in [5.74, 6) is 0.186. The third-order valence-corrected chi connectivity index (χ3v) is 4.23. The van der Waals surface area contributed by atoms with Crippen molar-refractivity contribution in [2.24, 2.45) is 0 Å². The largest absolute Gasteiger partial charge is 0.336 e. The van der Waals surface area contributed by atoms with Gasteiger partial charge in [-0.3, -0.25) is 4.79 Å². The van der Waals surface area contributed by atoms with E-state index in [-0.39, 0.29) is 24.4 Å². The second kappa shape index (κ2) is 11.1. The number of rotatable bonds is 8. The fraction of sp³-hybridized carbons (Fsp3) is 0.562. The van der Waals surface area contributed by atoms with Crippen molar-refractivity contribution < 1.29 is 4.79 Å². The molecule has 3 nitrogen and oxygen atoms in total. The molecule has 1 rings (SSSR count). The molecule has 0 radical (unpaired) electrons. The minimum Gasteiger partial charge on any atom is -0.336 e. The molecule has 6 heteroatoms. The lowest BCUT2D eigenvalue weighted by Gasteiger charge is -2.29. The predicted molar refractivity (Wildman–Crippen MR) is 97.3 cm³/mol. The van der Waals surface area contributed by atoms with Gasteiger partial charge in [0.05, 0.1) is 16.1 Å². The van der Waals surface area contributed by atoms with E-state index in [0.29, 0.717) is 16.5 Å². The zero-order valence-electron chi connectivity index (χ0n) is 13.4. The van der Waals surface area contributed by atoms with E-state index in [4.69, 9.17) is 23.2 Å². The van der Waals surface area contributed by atoms with E-state index >= 15 is 0 Å². The number of hydrogen-bond acceptors (Lipinski definition) is 2. The van der Waals surface area contributed by atoms with E-state index in [1.165, 1.54) is 0 Å². The average molecular weight is 368 g/mol. The molecule has 0 fully saturated rings. The third-order valence-electron chi connectivity index (χ3n) is 3.50. The lowest BCUT2D eigenvalue weighted by atomic mass is 10.1. The SMILES string of the molecule is CCCN(C(=O)CCCNC)C(C)c1ccc(Cl)c(Cl)c1.Cl. The van der Waals surface area contributed by atoms with Crippen molar-refractivity contribution in [2.75, 3.05) is 20.1 Å². The van der Waals surface area contributed by atoms with Crippen LogP contribution in [0.15, 0.2) is 18.2 Å². The normalized spacial score (nSPS) is 11.7. The summed E-state index contributed by atoms with van der Waals surface area (Å²) in [6, 6.07) is 5.56. The van der Waals surface area contributed by atoms with Gasteiger partial charge in [-0.15, -0.1) is 12.4 Å². The number of nitrogens with one attached hydrogen (secondary N) is 1. The molecule has 0 aliphatic heterocycles. The summed E-state index contributed by atoms with van der Waals surface area (Å²) in [4.78, 5) is 14.3. The van der Waals surface area contributed by atoms with Crippen molar-refractivity contribution in [1.82, 2.24) is 10.2 Å². The third kappa shape index (κ3) is 6.33. The standard InChI is InChI=1S/C16H24Cl2N2O.ClH/c1-4-10-20(16(21)6-5-9-19-3)12(2)13-7-8-14(17)15(18)11-13;/h7-8,11-12,19H,4-6,9-10H2,1-3H3;1H. The van der Waals surface area contributed by atoms with Gasteiger partial charge in [-0.05, 0) is 51.1 Å². The first kappa shape index (κ1) is 21.5. The Balaban J connectivity index is 0.00000441. The summed E-state index contributed by atoms with van der Waals surface area (Å²) in [5.41, 5.74) is 1.01. The van der Waals surface area contributed by atoms with Crippen molar-refractivity contribution in [2.45, 2.75) is 39.2 Å². The average Bonchev–Trinajstić information content (AvgIpc) is 2.47. The van der Waals surface area contributed by atoms with Crippen molar-refractivity contribution in [3.8, 4) is 0 Å². The number of benzene rings is 1. The van der Waals surface area contributed by atoms with Crippen LogP contribution >= 0.6 is 35.6 Å². The van der Waals surface area contributed by atoms with Gasteiger partial charge in [-0.1, -0.05) is 36.2 Å². The van der Waals surface area contributed by atoms with Crippen LogP contribution in [0, 0.1) is 0 Å². The first-order valence-corrected chi connectivity index (χ1v) is 8.15. The minimum absolute atomic E-state index is 0. The number of carbonyl (C=O) groups excluding carboxylic acids is 1. The lowest BCUT2D eigenvalue weighted by molar-refractivity contribution is -0.133. The van der Waals surface area contributed by atoms with Crippen LogP contribution in [0.4, 0.5) is 0 Å². The molecule has 0 bridgehead atoms. The maximum atomic E-state index is 12.4. The van der Waals surface area contributed by atoms with E-state index in [9.17, 15) is 4.79 Å². The molecule has 0 saturated heterocycles. The summed E-state index contributed by atoms with van der Waals surface area (Å²) in [6.45, 7) is 5.72. The molecule has 1 aromatic rings. The Hall–Kier alpha value is -0.480. The van der Waals surface area contributed by atoms with Gasteiger partial charge in [0.1, 0.15) is 0 Å². The van der Waals surface area contributed by atoms with Crippen LogP contribution < -0.4 is 5.32 Å². The maximum absolute atomic E-state index is 12.4. The second-order valence-electron chi connectivity index (χ2n) is 5.14. The van der Waals surface area contributed by atoms with Crippen LogP contribution in [0.25, 0.3) is 0 Å². The maximum Gasteiger partial charge on any atom is 0.223 e. The van der Waals surface area contributed by atoms with Crippen LogP contribution in [0.3, 0.4) is 0 Å². The lowest BCUT2D eigenvalue weighted by Crippen LogP contribution is -2.34. The summed E-state index contributed by atoms with van der Waals surface area (Å²) >= 11 is 12.0. The van der Waals surface area contributed by atoms with E-state index in [2.05, 4.69) is 12.2 Å². The summed E-state index contributed by atoms with van der Waals surface area (Å²) in [7, 11) is 1.90. The number of halogens is 3. The highest BCUT2D eigenvalue weighted by molar-refractivity contribution is 6.42. The molecule has 1 aromatic carbocycles. The first-order chi connectivity index (χ1) is 10.0.